The van der Waals surface area contributed by atoms with Crippen LogP contribution in [0.3, 0.4) is 0 Å². The highest BCUT2D eigenvalue weighted by atomic mass is 35.5. The first kappa shape index (κ1) is 16.2. The Morgan fingerprint density at radius 1 is 1.36 bits per heavy atom. The van der Waals surface area contributed by atoms with Gasteiger partial charge in [0.2, 0.25) is 0 Å². The molecule has 0 radical (unpaired) electrons. The lowest BCUT2D eigenvalue weighted by Crippen LogP contribution is -2.22. The Kier molecular flexibility index (Phi) is 4.92. The molecule has 1 aromatic carbocycles. The molecule has 4 nitrogen and oxygen atoms in total. The van der Waals surface area contributed by atoms with Crippen molar-refractivity contribution in [3.63, 3.8) is 0 Å². The van der Waals surface area contributed by atoms with Crippen LogP contribution in [0.25, 0.3) is 11.3 Å². The topological polar surface area (TPSA) is 43.6 Å². The Morgan fingerprint density at radius 2 is 2.00 bits per heavy atom. The number of benzene rings is 1. The van der Waals surface area contributed by atoms with E-state index in [-0.39, 0.29) is 28.5 Å². The minimum absolute atomic E-state index is 0.0146. The summed E-state index contributed by atoms with van der Waals surface area (Å²) in [6, 6.07) is 4.73. The summed E-state index contributed by atoms with van der Waals surface area (Å²) in [6.45, 7) is 1.85. The number of methoxy groups -OCH3 is 1. The number of hydrogen-bond acceptors (Lipinski definition) is 3. The maximum Gasteiger partial charge on any atom is 0.269 e. The molecule has 0 aliphatic heterocycles. The van der Waals surface area contributed by atoms with Crippen molar-refractivity contribution in [3.05, 3.63) is 51.3 Å². The highest BCUT2D eigenvalue weighted by Crippen LogP contribution is 2.34. The Morgan fingerprint density at radius 3 is 2.55 bits per heavy atom. The van der Waals surface area contributed by atoms with Crippen molar-refractivity contribution in [2.75, 3.05) is 7.11 Å². The second-order valence-electron chi connectivity index (χ2n) is 4.34. The molecule has 22 heavy (non-hydrogen) atoms. The molecule has 0 spiro atoms. The smallest absolute Gasteiger partial charge is 0.269 e. The number of aromatic nitrogens is 1. The van der Waals surface area contributed by atoms with Crippen LogP contribution in [0.1, 0.15) is 6.92 Å². The van der Waals surface area contributed by atoms with E-state index in [4.69, 9.17) is 16.3 Å². The second kappa shape index (κ2) is 6.70. The fourth-order valence-electron chi connectivity index (χ4n) is 2.12. The Bertz CT molecular complexity index is 768. The number of aliphatic imine (C=N–C) groups is 1. The third kappa shape index (κ3) is 2.87. The van der Waals surface area contributed by atoms with Gasteiger partial charge in [0.1, 0.15) is 16.7 Å². The summed E-state index contributed by atoms with van der Waals surface area (Å²) in [7, 11) is 1.38. The highest BCUT2D eigenvalue weighted by molar-refractivity contribution is 6.30. The molecule has 0 saturated heterocycles. The lowest BCUT2D eigenvalue weighted by Gasteiger charge is -2.15. The monoisotopic (exact) mass is 326 g/mol. The van der Waals surface area contributed by atoms with Gasteiger partial charge in [0.25, 0.3) is 5.56 Å². The van der Waals surface area contributed by atoms with Crippen molar-refractivity contribution in [3.8, 4) is 11.3 Å². The maximum absolute atomic E-state index is 14.1. The number of halogens is 3. The van der Waals surface area contributed by atoms with Crippen molar-refractivity contribution >= 4 is 23.7 Å². The van der Waals surface area contributed by atoms with Gasteiger partial charge in [-0.1, -0.05) is 17.7 Å². The Labute approximate surface area is 130 Å². The third-order valence-electron chi connectivity index (χ3n) is 3.04. The van der Waals surface area contributed by atoms with E-state index in [1.165, 1.54) is 23.8 Å². The van der Waals surface area contributed by atoms with E-state index in [2.05, 4.69) is 4.99 Å². The maximum atomic E-state index is 14.1. The van der Waals surface area contributed by atoms with Gasteiger partial charge in [-0.25, -0.2) is 13.8 Å². The molecule has 0 N–H and O–H groups in total. The molecule has 0 aliphatic rings. The van der Waals surface area contributed by atoms with Gasteiger partial charge < -0.3 is 9.30 Å². The van der Waals surface area contributed by atoms with Crippen LogP contribution in [0, 0.1) is 11.6 Å². The Hall–Kier alpha value is -2.21. The van der Waals surface area contributed by atoms with Gasteiger partial charge in [-0.3, -0.25) is 4.79 Å². The van der Waals surface area contributed by atoms with Crippen LogP contribution in [-0.4, -0.2) is 18.1 Å². The minimum Gasteiger partial charge on any atom is -0.486 e. The van der Waals surface area contributed by atoms with Gasteiger partial charge in [-0.15, -0.1) is 0 Å². The SMILES string of the molecule is CCn1c(-c2c(F)cccc2F)c(/N=C/OC)cc(Cl)c1=O. The summed E-state index contributed by atoms with van der Waals surface area (Å²) in [4.78, 5) is 16.1. The molecule has 1 aromatic heterocycles. The van der Waals surface area contributed by atoms with Crippen LogP contribution in [0.4, 0.5) is 14.5 Å². The molecular weight excluding hydrogens is 314 g/mol. The standard InChI is InChI=1S/C15H13ClF2N2O2/c1-3-20-14(13-10(17)5-4-6-11(13)18)12(19-8-22-2)7-9(16)15(20)21/h4-8H,3H2,1-2H3/b19-8+. The van der Waals surface area contributed by atoms with Gasteiger partial charge in [0.05, 0.1) is 24.1 Å². The molecule has 2 rings (SSSR count). The van der Waals surface area contributed by atoms with Crippen molar-refractivity contribution in [1.29, 1.82) is 0 Å². The van der Waals surface area contributed by atoms with Crippen LogP contribution in [0.15, 0.2) is 34.1 Å². The van der Waals surface area contributed by atoms with Gasteiger partial charge in [-0.2, -0.15) is 0 Å². The van der Waals surface area contributed by atoms with E-state index in [1.807, 2.05) is 0 Å². The average Bonchev–Trinajstić information content (AvgIpc) is 2.49. The summed E-state index contributed by atoms with van der Waals surface area (Å²) < 4.78 is 34.1. The van der Waals surface area contributed by atoms with Crippen molar-refractivity contribution in [2.45, 2.75) is 13.5 Å². The fraction of sp³-hybridized carbons (Fsp3) is 0.200. The first-order valence-electron chi connectivity index (χ1n) is 6.44. The molecule has 1 heterocycles. The zero-order chi connectivity index (χ0) is 16.3. The Balaban J connectivity index is 2.91. The van der Waals surface area contributed by atoms with E-state index in [0.717, 1.165) is 18.5 Å². The molecule has 0 bridgehead atoms. The number of pyridine rings is 1. The number of ether oxygens (including phenoxy) is 1. The molecular formula is C15H13ClF2N2O2. The van der Waals surface area contributed by atoms with Crippen LogP contribution >= 0.6 is 11.6 Å². The van der Waals surface area contributed by atoms with Crippen LogP contribution < -0.4 is 5.56 Å². The third-order valence-corrected chi connectivity index (χ3v) is 3.31. The zero-order valence-electron chi connectivity index (χ0n) is 11.9. The average molecular weight is 327 g/mol. The number of hydrogen-bond donors (Lipinski definition) is 0. The van der Waals surface area contributed by atoms with Crippen molar-refractivity contribution in [1.82, 2.24) is 4.57 Å². The number of rotatable bonds is 4. The predicted molar refractivity (Wildman–Crippen MR) is 81.9 cm³/mol. The summed E-state index contributed by atoms with van der Waals surface area (Å²) in [5, 5.41) is -0.0920. The van der Waals surface area contributed by atoms with Crippen molar-refractivity contribution < 1.29 is 13.5 Å². The van der Waals surface area contributed by atoms with Gasteiger partial charge in [0.15, 0.2) is 6.40 Å². The fourth-order valence-corrected chi connectivity index (χ4v) is 2.32. The normalized spacial score (nSPS) is 11.1. The van der Waals surface area contributed by atoms with Gasteiger partial charge in [-0.05, 0) is 25.1 Å². The summed E-state index contributed by atoms with van der Waals surface area (Å²) >= 11 is 5.88. The zero-order valence-corrected chi connectivity index (χ0v) is 12.7. The molecule has 2 aromatic rings. The van der Waals surface area contributed by atoms with Crippen molar-refractivity contribution in [2.24, 2.45) is 4.99 Å². The second-order valence-corrected chi connectivity index (χ2v) is 4.75. The molecule has 0 aliphatic carbocycles. The van der Waals surface area contributed by atoms with E-state index in [9.17, 15) is 13.6 Å². The summed E-state index contributed by atoms with van der Waals surface area (Å²) in [5.74, 6) is -1.59. The first-order chi connectivity index (χ1) is 10.5. The molecule has 116 valence electrons. The molecule has 0 amide bonds. The lowest BCUT2D eigenvalue weighted by atomic mass is 10.1. The molecule has 0 atom stereocenters. The van der Waals surface area contributed by atoms with Crippen LogP contribution in [0.5, 0.6) is 0 Å². The predicted octanol–water partition coefficient (Wildman–Crippen LogP) is 3.77. The molecule has 0 fully saturated rings. The highest BCUT2D eigenvalue weighted by Gasteiger charge is 2.20. The number of nitrogens with zero attached hydrogens (tertiary/aromatic N) is 2. The molecule has 0 saturated carbocycles. The largest absolute Gasteiger partial charge is 0.486 e. The van der Waals surface area contributed by atoms with Crippen LogP contribution in [-0.2, 0) is 11.3 Å². The van der Waals surface area contributed by atoms with Gasteiger partial charge in [0, 0.05) is 6.54 Å². The molecule has 0 unspecified atom stereocenters. The minimum atomic E-state index is -0.794. The first-order valence-corrected chi connectivity index (χ1v) is 6.82. The van der Waals surface area contributed by atoms with Gasteiger partial charge >= 0.3 is 0 Å². The van der Waals surface area contributed by atoms with E-state index < -0.39 is 17.2 Å². The summed E-state index contributed by atoms with van der Waals surface area (Å²) in [6.07, 6.45) is 1.10. The summed E-state index contributed by atoms with van der Waals surface area (Å²) in [5.41, 5.74) is -0.724. The molecule has 7 heteroatoms. The quantitative estimate of drug-likeness (QED) is 0.634. The van der Waals surface area contributed by atoms with Crippen LogP contribution in [0.2, 0.25) is 5.02 Å². The van der Waals surface area contributed by atoms with E-state index in [1.54, 1.807) is 6.92 Å². The van der Waals surface area contributed by atoms with E-state index >= 15 is 0 Å². The van der Waals surface area contributed by atoms with E-state index in [0.29, 0.717) is 0 Å². The lowest BCUT2D eigenvalue weighted by molar-refractivity contribution is 0.423.